The van der Waals surface area contributed by atoms with E-state index in [4.69, 9.17) is 10.00 Å². The zero-order chi connectivity index (χ0) is 11.3. The number of benzene rings is 1. The zero-order valence-electron chi connectivity index (χ0n) is 7.64. The molecule has 0 saturated heterocycles. The Morgan fingerprint density at radius 1 is 1.60 bits per heavy atom. The summed E-state index contributed by atoms with van der Waals surface area (Å²) in [4.78, 5) is 9.78. The van der Waals surface area contributed by atoms with Crippen molar-refractivity contribution in [3.8, 4) is 11.8 Å². The van der Waals surface area contributed by atoms with Gasteiger partial charge in [-0.15, -0.1) is 0 Å². The topological polar surface area (TPSA) is 76.2 Å². The first-order chi connectivity index (χ1) is 7.19. The molecule has 0 atom stereocenters. The predicted octanol–water partition coefficient (Wildman–Crippen LogP) is 1.81. The first-order valence-corrected chi connectivity index (χ1v) is 4.06. The molecule has 0 unspecified atom stereocenters. The van der Waals surface area contributed by atoms with Crippen LogP contribution in [0.1, 0.15) is 5.56 Å². The minimum atomic E-state index is -0.679. The van der Waals surface area contributed by atoms with Crippen LogP contribution in [0.3, 0.4) is 0 Å². The van der Waals surface area contributed by atoms with Gasteiger partial charge in [-0.25, -0.2) is 4.39 Å². The molecule has 1 aromatic rings. The molecule has 0 aromatic heterocycles. The van der Waals surface area contributed by atoms with Gasteiger partial charge in [0.1, 0.15) is 30.7 Å². The van der Waals surface area contributed by atoms with Gasteiger partial charge in [-0.05, 0) is 6.07 Å². The van der Waals surface area contributed by atoms with E-state index in [9.17, 15) is 14.5 Å². The van der Waals surface area contributed by atoms with Crippen LogP contribution in [0.2, 0.25) is 0 Å². The molecule has 1 aromatic carbocycles. The number of hydrogen-bond acceptors (Lipinski definition) is 4. The third-order valence-electron chi connectivity index (χ3n) is 1.63. The maximum atomic E-state index is 11.8. The molecule has 1 rings (SSSR count). The number of nitro benzene ring substituents is 1. The summed E-state index contributed by atoms with van der Waals surface area (Å²) in [5.41, 5.74) is -0.170. The fourth-order valence-corrected chi connectivity index (χ4v) is 0.993. The van der Waals surface area contributed by atoms with E-state index in [0.29, 0.717) is 0 Å². The molecular weight excluding hydrogens is 203 g/mol. The highest BCUT2D eigenvalue weighted by atomic mass is 19.1. The molecule has 0 aliphatic heterocycles. The summed E-state index contributed by atoms with van der Waals surface area (Å²) in [7, 11) is 0. The molecule has 0 heterocycles. The van der Waals surface area contributed by atoms with Crippen molar-refractivity contribution in [2.45, 2.75) is 0 Å². The molecule has 0 amide bonds. The van der Waals surface area contributed by atoms with Crippen LogP contribution < -0.4 is 4.74 Å². The van der Waals surface area contributed by atoms with Gasteiger partial charge < -0.3 is 4.74 Å². The molecular formula is C9H7FN2O3. The standard InChI is InChI=1S/C9H7FN2O3/c10-3-4-15-9-2-1-8(12(13)14)5-7(9)6-11/h1-2,5H,3-4H2. The van der Waals surface area contributed by atoms with Gasteiger partial charge >= 0.3 is 0 Å². The Hall–Kier alpha value is -2.16. The van der Waals surface area contributed by atoms with Crippen LogP contribution >= 0.6 is 0 Å². The number of rotatable bonds is 4. The van der Waals surface area contributed by atoms with Crippen molar-refractivity contribution < 1.29 is 14.1 Å². The van der Waals surface area contributed by atoms with Gasteiger partial charge in [0.15, 0.2) is 0 Å². The first-order valence-electron chi connectivity index (χ1n) is 4.06. The van der Waals surface area contributed by atoms with Crippen LogP contribution in [0.5, 0.6) is 5.75 Å². The quantitative estimate of drug-likeness (QED) is 0.561. The van der Waals surface area contributed by atoms with E-state index >= 15 is 0 Å². The van der Waals surface area contributed by atoms with E-state index in [1.807, 2.05) is 0 Å². The molecule has 78 valence electrons. The zero-order valence-corrected chi connectivity index (χ0v) is 7.64. The first kappa shape index (κ1) is 10.9. The third kappa shape index (κ3) is 2.64. The number of hydrogen-bond donors (Lipinski definition) is 0. The molecule has 0 aliphatic rings. The summed E-state index contributed by atoms with van der Waals surface area (Å²) in [5.74, 6) is 0.153. The summed E-state index contributed by atoms with van der Waals surface area (Å²) < 4.78 is 16.7. The van der Waals surface area contributed by atoms with Crippen molar-refractivity contribution in [2.75, 3.05) is 13.3 Å². The van der Waals surface area contributed by atoms with Crippen LogP contribution in [-0.2, 0) is 0 Å². The van der Waals surface area contributed by atoms with Crippen molar-refractivity contribution >= 4 is 5.69 Å². The van der Waals surface area contributed by atoms with Crippen molar-refractivity contribution in [3.05, 3.63) is 33.9 Å². The van der Waals surface area contributed by atoms with Crippen LogP contribution in [0, 0.1) is 21.4 Å². The third-order valence-corrected chi connectivity index (χ3v) is 1.63. The monoisotopic (exact) mass is 210 g/mol. The Morgan fingerprint density at radius 2 is 2.33 bits per heavy atom. The number of alkyl halides is 1. The highest BCUT2D eigenvalue weighted by molar-refractivity contribution is 5.50. The van der Waals surface area contributed by atoms with E-state index in [0.717, 1.165) is 6.07 Å². The van der Waals surface area contributed by atoms with Gasteiger partial charge in [0.25, 0.3) is 5.69 Å². The highest BCUT2D eigenvalue weighted by Gasteiger charge is 2.11. The van der Waals surface area contributed by atoms with E-state index < -0.39 is 11.6 Å². The smallest absolute Gasteiger partial charge is 0.271 e. The van der Waals surface area contributed by atoms with Gasteiger partial charge in [0.05, 0.1) is 4.92 Å². The van der Waals surface area contributed by atoms with Crippen LogP contribution in [0.4, 0.5) is 10.1 Å². The number of ether oxygens (including phenoxy) is 1. The van der Waals surface area contributed by atoms with Gasteiger partial charge in [-0.1, -0.05) is 0 Å². The summed E-state index contributed by atoms with van der Waals surface area (Å²) in [6.45, 7) is -0.853. The lowest BCUT2D eigenvalue weighted by Crippen LogP contribution is -2.01. The molecule has 0 N–H and O–H groups in total. The highest BCUT2D eigenvalue weighted by Crippen LogP contribution is 2.23. The molecule has 5 nitrogen and oxygen atoms in total. The Balaban J connectivity index is 3.00. The lowest BCUT2D eigenvalue weighted by molar-refractivity contribution is -0.384. The molecule has 0 bridgehead atoms. The summed E-state index contributed by atoms with van der Waals surface area (Å²) in [5, 5.41) is 19.1. The van der Waals surface area contributed by atoms with Gasteiger partial charge in [-0.2, -0.15) is 5.26 Å². The fourth-order valence-electron chi connectivity index (χ4n) is 0.993. The van der Waals surface area contributed by atoms with E-state index in [1.54, 1.807) is 6.07 Å². The van der Waals surface area contributed by atoms with Gasteiger partial charge in [0, 0.05) is 12.1 Å². The minimum Gasteiger partial charge on any atom is -0.489 e. The van der Waals surface area contributed by atoms with Crippen LogP contribution in [0.15, 0.2) is 18.2 Å². The van der Waals surface area contributed by atoms with Crippen molar-refractivity contribution in [1.82, 2.24) is 0 Å². The maximum Gasteiger partial charge on any atom is 0.271 e. The maximum absolute atomic E-state index is 11.8. The Bertz CT molecular complexity index is 414. The second-order valence-corrected chi connectivity index (χ2v) is 2.59. The van der Waals surface area contributed by atoms with Crippen molar-refractivity contribution in [2.24, 2.45) is 0 Å². The molecule has 0 spiro atoms. The average molecular weight is 210 g/mol. The summed E-state index contributed by atoms with van der Waals surface area (Å²) >= 11 is 0. The van der Waals surface area contributed by atoms with Crippen LogP contribution in [0.25, 0.3) is 0 Å². The number of nitro groups is 1. The van der Waals surface area contributed by atoms with E-state index in [-0.39, 0.29) is 23.6 Å². The van der Waals surface area contributed by atoms with Gasteiger partial charge in [-0.3, -0.25) is 10.1 Å². The second kappa shape index (κ2) is 4.91. The Labute approximate surface area is 84.9 Å². The van der Waals surface area contributed by atoms with Crippen molar-refractivity contribution in [3.63, 3.8) is 0 Å². The van der Waals surface area contributed by atoms with E-state index in [2.05, 4.69) is 0 Å². The largest absolute Gasteiger partial charge is 0.489 e. The summed E-state index contributed by atoms with van der Waals surface area (Å²) in [6, 6.07) is 5.33. The molecule has 6 heteroatoms. The Kier molecular flexibility index (Phi) is 3.57. The Morgan fingerprint density at radius 3 is 2.87 bits per heavy atom. The van der Waals surface area contributed by atoms with Gasteiger partial charge in [0.2, 0.25) is 0 Å². The van der Waals surface area contributed by atoms with E-state index in [1.165, 1.54) is 12.1 Å². The predicted molar refractivity (Wildman–Crippen MR) is 49.3 cm³/mol. The molecule has 0 saturated carbocycles. The lowest BCUT2D eigenvalue weighted by atomic mass is 10.2. The van der Waals surface area contributed by atoms with Crippen LogP contribution in [-0.4, -0.2) is 18.2 Å². The number of nitriles is 1. The number of non-ortho nitro benzene ring substituents is 1. The fraction of sp³-hybridized carbons (Fsp3) is 0.222. The molecule has 0 radical (unpaired) electrons. The lowest BCUT2D eigenvalue weighted by Gasteiger charge is -2.04. The second-order valence-electron chi connectivity index (χ2n) is 2.59. The minimum absolute atomic E-state index is 0.0256. The summed E-state index contributed by atoms with van der Waals surface area (Å²) in [6.07, 6.45) is 0. The molecule has 0 fully saturated rings. The average Bonchev–Trinajstić information content (AvgIpc) is 2.25. The normalized spacial score (nSPS) is 9.33. The van der Waals surface area contributed by atoms with Crippen molar-refractivity contribution in [1.29, 1.82) is 5.26 Å². The SMILES string of the molecule is N#Cc1cc([N+](=O)[O-])ccc1OCCF. The molecule has 15 heavy (non-hydrogen) atoms. The number of halogens is 1. The number of nitrogens with zero attached hydrogens (tertiary/aromatic N) is 2. The molecule has 0 aliphatic carbocycles.